The van der Waals surface area contributed by atoms with Gasteiger partial charge in [-0.1, -0.05) is 24.3 Å². The number of benzene rings is 2. The van der Waals surface area contributed by atoms with Crippen molar-refractivity contribution in [1.82, 2.24) is 15.1 Å². The third-order valence-electron chi connectivity index (χ3n) is 6.87. The normalized spacial score (nSPS) is 18.3. The van der Waals surface area contributed by atoms with Crippen molar-refractivity contribution in [3.05, 3.63) is 59.2 Å². The summed E-state index contributed by atoms with van der Waals surface area (Å²) >= 11 is 0. The van der Waals surface area contributed by atoms with Gasteiger partial charge in [0.25, 0.3) is 0 Å². The Balaban J connectivity index is 1.50. The number of anilines is 1. The van der Waals surface area contributed by atoms with E-state index in [1.807, 2.05) is 24.3 Å². The maximum absolute atomic E-state index is 13.3. The van der Waals surface area contributed by atoms with Crippen LogP contribution in [-0.4, -0.2) is 66.1 Å². The zero-order valence-electron chi connectivity index (χ0n) is 20.3. The quantitative estimate of drug-likeness (QED) is 0.565. The first kappa shape index (κ1) is 25.0. The number of nitrogens with one attached hydrogen (secondary N) is 2. The number of amides is 5. The highest BCUT2D eigenvalue weighted by atomic mass is 16.5. The van der Waals surface area contributed by atoms with Gasteiger partial charge < -0.3 is 25.4 Å². The fourth-order valence-corrected chi connectivity index (χ4v) is 5.13. The Labute approximate surface area is 209 Å². The number of ether oxygens (including phenoxy) is 1. The highest BCUT2D eigenvalue weighted by molar-refractivity contribution is 5.99. The highest BCUT2D eigenvalue weighted by Gasteiger charge is 2.38. The first-order valence-corrected chi connectivity index (χ1v) is 11.9. The highest BCUT2D eigenvalue weighted by Crippen LogP contribution is 2.38. The topological polar surface area (TPSA) is 128 Å². The molecule has 2 atom stereocenters. The number of hydrogen-bond donors (Lipinski definition) is 3. The number of carbonyl (C=O) groups is 4. The van der Waals surface area contributed by atoms with Crippen LogP contribution in [0.1, 0.15) is 47.9 Å². The largest absolute Gasteiger partial charge is 0.496 e. The zero-order valence-corrected chi connectivity index (χ0v) is 20.3. The molecule has 36 heavy (non-hydrogen) atoms. The van der Waals surface area contributed by atoms with Gasteiger partial charge >= 0.3 is 12.1 Å². The fourth-order valence-electron chi connectivity index (χ4n) is 5.13. The van der Waals surface area contributed by atoms with Crippen molar-refractivity contribution >= 4 is 29.6 Å². The molecule has 3 N–H and O–H groups in total. The minimum absolute atomic E-state index is 0.238. The van der Waals surface area contributed by atoms with Crippen molar-refractivity contribution in [1.29, 1.82) is 0 Å². The summed E-state index contributed by atoms with van der Waals surface area (Å²) in [6.07, 6.45) is 1.06. The molecule has 1 fully saturated rings. The second kappa shape index (κ2) is 10.7. The monoisotopic (exact) mass is 494 g/mol. The van der Waals surface area contributed by atoms with Gasteiger partial charge in [0.1, 0.15) is 12.3 Å². The molecule has 4 rings (SSSR count). The molecule has 10 nitrogen and oxygen atoms in total. The van der Waals surface area contributed by atoms with Gasteiger partial charge in [-0.25, -0.2) is 14.5 Å². The molecule has 0 radical (unpaired) electrons. The van der Waals surface area contributed by atoms with E-state index in [-0.39, 0.29) is 12.1 Å². The predicted octanol–water partition coefficient (Wildman–Crippen LogP) is 3.35. The minimum Gasteiger partial charge on any atom is -0.496 e. The molecular formula is C26H30N4O6. The van der Waals surface area contributed by atoms with E-state index in [1.54, 1.807) is 30.2 Å². The Morgan fingerprint density at radius 1 is 1.11 bits per heavy atom. The zero-order chi connectivity index (χ0) is 25.8. The third-order valence-corrected chi connectivity index (χ3v) is 6.87. The smallest absolute Gasteiger partial charge is 0.414 e. The molecule has 0 aromatic heterocycles. The van der Waals surface area contributed by atoms with Crippen LogP contribution in [0.3, 0.4) is 0 Å². The molecule has 1 heterocycles. The van der Waals surface area contributed by atoms with Crippen molar-refractivity contribution in [3.8, 4) is 5.75 Å². The molecule has 0 saturated carbocycles. The molecule has 190 valence electrons. The van der Waals surface area contributed by atoms with Crippen LogP contribution in [0, 0.1) is 0 Å². The molecule has 1 saturated heterocycles. The molecule has 2 aromatic rings. The number of methoxy groups -OCH3 is 1. The number of carbonyl (C=O) groups excluding carboxylic acids is 3. The Morgan fingerprint density at radius 3 is 2.61 bits per heavy atom. The number of imide groups is 1. The minimum atomic E-state index is -1.45. The molecule has 1 aliphatic carbocycles. The summed E-state index contributed by atoms with van der Waals surface area (Å²) < 4.78 is 5.46. The molecule has 10 heteroatoms. The SMILES string of the molecule is CNC(=O)Nc1ccc2c(c1)CCC2C(=O)N(CC(=O)N1CCCC1c1ccccc1OC)C(=O)O. The van der Waals surface area contributed by atoms with Crippen molar-refractivity contribution in [2.24, 2.45) is 0 Å². The van der Waals surface area contributed by atoms with Crippen LogP contribution in [-0.2, 0) is 16.0 Å². The standard InChI is InChI=1S/C26H30N4O6/c1-27-25(33)28-17-10-12-18-16(14-17)9-11-19(18)24(32)30(26(34)35)15-23(31)29-13-5-7-21(29)20-6-3-4-8-22(20)36-2/h3-4,6,8,10,12,14,19,21H,5,7,9,11,13,15H2,1-2H3,(H,34,35)(H2,27,28,33). The van der Waals surface area contributed by atoms with Crippen LogP contribution in [0.2, 0.25) is 0 Å². The molecular weight excluding hydrogens is 464 g/mol. The number of hydrogen-bond acceptors (Lipinski definition) is 5. The summed E-state index contributed by atoms with van der Waals surface area (Å²) in [7, 11) is 3.08. The third kappa shape index (κ3) is 4.98. The van der Waals surface area contributed by atoms with Gasteiger partial charge in [0.2, 0.25) is 11.8 Å². The van der Waals surface area contributed by atoms with E-state index in [9.17, 15) is 24.3 Å². The Hall–Kier alpha value is -4.08. The number of carboxylic acid groups (broad SMARTS) is 1. The maximum atomic E-state index is 13.3. The Bertz CT molecular complexity index is 1180. The molecule has 0 bridgehead atoms. The van der Waals surface area contributed by atoms with Gasteiger partial charge in [-0.2, -0.15) is 0 Å². The van der Waals surface area contributed by atoms with Crippen molar-refractivity contribution < 1.29 is 29.0 Å². The molecule has 5 amide bonds. The van der Waals surface area contributed by atoms with E-state index in [0.29, 0.717) is 41.3 Å². The number of fused-ring (bicyclic) bond motifs is 1. The second-order valence-electron chi connectivity index (χ2n) is 8.90. The van der Waals surface area contributed by atoms with E-state index in [2.05, 4.69) is 10.6 Å². The lowest BCUT2D eigenvalue weighted by atomic mass is 9.99. The van der Waals surface area contributed by atoms with E-state index in [4.69, 9.17) is 4.74 Å². The van der Waals surface area contributed by atoms with E-state index >= 15 is 0 Å². The number of aryl methyl sites for hydroxylation is 1. The van der Waals surface area contributed by atoms with Gasteiger partial charge in [0.05, 0.1) is 19.1 Å². The van der Waals surface area contributed by atoms with Gasteiger partial charge in [0.15, 0.2) is 0 Å². The van der Waals surface area contributed by atoms with Gasteiger partial charge in [-0.3, -0.25) is 9.59 Å². The average molecular weight is 495 g/mol. The van der Waals surface area contributed by atoms with Crippen LogP contribution in [0.25, 0.3) is 0 Å². The summed E-state index contributed by atoms with van der Waals surface area (Å²) in [6, 6.07) is 12.1. The van der Waals surface area contributed by atoms with Crippen LogP contribution in [0.15, 0.2) is 42.5 Å². The lowest BCUT2D eigenvalue weighted by Crippen LogP contribution is -2.46. The van der Waals surface area contributed by atoms with Crippen molar-refractivity contribution in [2.75, 3.05) is 32.6 Å². The number of rotatable bonds is 6. The Kier molecular flexibility index (Phi) is 7.42. The maximum Gasteiger partial charge on any atom is 0.414 e. The van der Waals surface area contributed by atoms with E-state index < -0.39 is 30.4 Å². The van der Waals surface area contributed by atoms with Gasteiger partial charge in [-0.05, 0) is 55.0 Å². The molecule has 2 unspecified atom stereocenters. The summed E-state index contributed by atoms with van der Waals surface area (Å²) in [5, 5.41) is 15.0. The number of para-hydroxylation sites is 1. The molecule has 2 aliphatic rings. The van der Waals surface area contributed by atoms with Crippen LogP contribution in [0.4, 0.5) is 15.3 Å². The molecule has 1 aliphatic heterocycles. The van der Waals surface area contributed by atoms with Gasteiger partial charge in [0, 0.05) is 24.8 Å². The van der Waals surface area contributed by atoms with E-state index in [0.717, 1.165) is 24.0 Å². The molecule has 2 aromatic carbocycles. The van der Waals surface area contributed by atoms with Crippen LogP contribution < -0.4 is 15.4 Å². The first-order chi connectivity index (χ1) is 17.3. The summed E-state index contributed by atoms with van der Waals surface area (Å²) in [6.45, 7) is -0.0570. The van der Waals surface area contributed by atoms with Crippen LogP contribution >= 0.6 is 0 Å². The fraction of sp³-hybridized carbons (Fsp3) is 0.385. The number of likely N-dealkylation sites (tertiary alicyclic amines) is 1. The second-order valence-corrected chi connectivity index (χ2v) is 8.90. The first-order valence-electron chi connectivity index (χ1n) is 11.9. The summed E-state index contributed by atoms with van der Waals surface area (Å²) in [4.78, 5) is 52.5. The van der Waals surface area contributed by atoms with Crippen LogP contribution in [0.5, 0.6) is 5.75 Å². The summed E-state index contributed by atoms with van der Waals surface area (Å²) in [5.41, 5.74) is 3.04. The summed E-state index contributed by atoms with van der Waals surface area (Å²) in [5.74, 6) is -1.03. The van der Waals surface area contributed by atoms with E-state index in [1.165, 1.54) is 7.05 Å². The predicted molar refractivity (Wildman–Crippen MR) is 132 cm³/mol. The lowest BCUT2D eigenvalue weighted by molar-refractivity contribution is -0.140. The van der Waals surface area contributed by atoms with Crippen molar-refractivity contribution in [3.63, 3.8) is 0 Å². The number of nitrogens with zero attached hydrogens (tertiary/aromatic N) is 2. The number of urea groups is 1. The van der Waals surface area contributed by atoms with Crippen molar-refractivity contribution in [2.45, 2.75) is 37.6 Å². The van der Waals surface area contributed by atoms with Gasteiger partial charge in [-0.15, -0.1) is 0 Å². The lowest BCUT2D eigenvalue weighted by Gasteiger charge is -2.29. The molecule has 0 spiro atoms. The Morgan fingerprint density at radius 2 is 1.89 bits per heavy atom. The average Bonchev–Trinajstić information content (AvgIpc) is 3.53.